The Labute approximate surface area is 119 Å². The van der Waals surface area contributed by atoms with Crippen LogP contribution in [0.15, 0.2) is 30.3 Å². The second kappa shape index (κ2) is 6.55. The van der Waals surface area contributed by atoms with E-state index in [1.807, 2.05) is 37.3 Å². The molecule has 20 heavy (non-hydrogen) atoms. The highest BCUT2D eigenvalue weighted by Gasteiger charge is 2.34. The number of rotatable bonds is 7. The van der Waals surface area contributed by atoms with Crippen molar-refractivity contribution in [3.8, 4) is 0 Å². The molecule has 1 aliphatic rings. The number of aliphatic carboxylic acids is 1. The largest absolute Gasteiger partial charge is 0.480 e. The summed E-state index contributed by atoms with van der Waals surface area (Å²) >= 11 is 0. The predicted molar refractivity (Wildman–Crippen MR) is 76.2 cm³/mol. The van der Waals surface area contributed by atoms with Crippen LogP contribution in [0.2, 0.25) is 0 Å². The molecule has 0 spiro atoms. The summed E-state index contributed by atoms with van der Waals surface area (Å²) in [6, 6.07) is 8.92. The molecule has 4 heteroatoms. The van der Waals surface area contributed by atoms with Crippen molar-refractivity contribution in [3.05, 3.63) is 35.9 Å². The molecule has 2 atom stereocenters. The van der Waals surface area contributed by atoms with Gasteiger partial charge in [0.25, 0.3) is 0 Å². The van der Waals surface area contributed by atoms with Crippen molar-refractivity contribution in [2.45, 2.75) is 38.6 Å². The van der Waals surface area contributed by atoms with Gasteiger partial charge in [-0.1, -0.05) is 37.3 Å². The van der Waals surface area contributed by atoms with E-state index in [0.29, 0.717) is 18.8 Å². The Morgan fingerprint density at radius 2 is 1.95 bits per heavy atom. The molecule has 0 heterocycles. The van der Waals surface area contributed by atoms with Gasteiger partial charge in [0.05, 0.1) is 0 Å². The van der Waals surface area contributed by atoms with Crippen LogP contribution in [-0.4, -0.2) is 23.0 Å². The molecular weight excluding hydrogens is 254 g/mol. The van der Waals surface area contributed by atoms with Crippen LogP contribution in [-0.2, 0) is 16.0 Å². The summed E-state index contributed by atoms with van der Waals surface area (Å²) in [6.07, 6.45) is 3.23. The van der Waals surface area contributed by atoms with Gasteiger partial charge in [-0.15, -0.1) is 0 Å². The zero-order valence-corrected chi connectivity index (χ0v) is 11.7. The Balaban J connectivity index is 1.86. The molecule has 1 amide bonds. The van der Waals surface area contributed by atoms with Crippen molar-refractivity contribution in [3.63, 3.8) is 0 Å². The van der Waals surface area contributed by atoms with Crippen LogP contribution < -0.4 is 5.32 Å². The first-order valence-electron chi connectivity index (χ1n) is 7.15. The molecule has 1 aliphatic carbocycles. The summed E-state index contributed by atoms with van der Waals surface area (Å²) < 4.78 is 0. The maximum absolute atomic E-state index is 12.0. The average molecular weight is 275 g/mol. The van der Waals surface area contributed by atoms with Gasteiger partial charge in [0.2, 0.25) is 5.91 Å². The lowest BCUT2D eigenvalue weighted by Crippen LogP contribution is -2.43. The maximum atomic E-state index is 12.0. The zero-order valence-electron chi connectivity index (χ0n) is 11.7. The fourth-order valence-electron chi connectivity index (χ4n) is 2.33. The lowest BCUT2D eigenvalue weighted by molar-refractivity contribution is -0.142. The summed E-state index contributed by atoms with van der Waals surface area (Å²) in [6.45, 7) is 1.88. The van der Waals surface area contributed by atoms with E-state index >= 15 is 0 Å². The normalized spacial score (nSPS) is 17.2. The summed E-state index contributed by atoms with van der Waals surface area (Å²) in [5, 5.41) is 11.9. The first-order chi connectivity index (χ1) is 9.58. The van der Waals surface area contributed by atoms with Crippen LogP contribution in [0.5, 0.6) is 0 Å². The average Bonchev–Trinajstić information content (AvgIpc) is 3.27. The molecule has 2 unspecified atom stereocenters. The van der Waals surface area contributed by atoms with Gasteiger partial charge in [0.15, 0.2) is 0 Å². The molecule has 0 bridgehead atoms. The lowest BCUT2D eigenvalue weighted by Gasteiger charge is -2.17. The van der Waals surface area contributed by atoms with Crippen molar-refractivity contribution >= 4 is 11.9 Å². The molecule has 2 N–H and O–H groups in total. The Kier molecular flexibility index (Phi) is 4.77. The number of aryl methyl sites for hydroxylation is 1. The van der Waals surface area contributed by atoms with Gasteiger partial charge in [0.1, 0.15) is 6.04 Å². The molecule has 0 radical (unpaired) electrons. The van der Waals surface area contributed by atoms with Crippen molar-refractivity contribution in [1.82, 2.24) is 5.32 Å². The molecule has 0 aliphatic heterocycles. The highest BCUT2D eigenvalue weighted by Crippen LogP contribution is 2.36. The van der Waals surface area contributed by atoms with Crippen LogP contribution in [0.4, 0.5) is 0 Å². The lowest BCUT2D eigenvalue weighted by atomic mass is 10.0. The summed E-state index contributed by atoms with van der Waals surface area (Å²) in [7, 11) is 0. The number of carbonyl (C=O) groups is 2. The highest BCUT2D eigenvalue weighted by atomic mass is 16.4. The van der Waals surface area contributed by atoms with Gasteiger partial charge in [-0.05, 0) is 37.2 Å². The number of benzene rings is 1. The van der Waals surface area contributed by atoms with Gasteiger partial charge in [0, 0.05) is 5.92 Å². The van der Waals surface area contributed by atoms with Crippen molar-refractivity contribution in [2.24, 2.45) is 11.8 Å². The van der Waals surface area contributed by atoms with Gasteiger partial charge in [-0.25, -0.2) is 4.79 Å². The van der Waals surface area contributed by atoms with E-state index in [1.54, 1.807) is 0 Å². The van der Waals surface area contributed by atoms with Gasteiger partial charge < -0.3 is 10.4 Å². The fourth-order valence-corrected chi connectivity index (χ4v) is 2.33. The second-order valence-electron chi connectivity index (χ2n) is 5.55. The number of carboxylic acids is 1. The van der Waals surface area contributed by atoms with E-state index in [9.17, 15) is 14.7 Å². The Morgan fingerprint density at radius 3 is 2.50 bits per heavy atom. The number of nitrogens with one attached hydrogen (secondary N) is 1. The Bertz CT molecular complexity index is 468. The van der Waals surface area contributed by atoms with Crippen LogP contribution in [0, 0.1) is 11.8 Å². The molecule has 1 fully saturated rings. The van der Waals surface area contributed by atoms with E-state index in [-0.39, 0.29) is 11.8 Å². The standard InChI is InChI=1S/C16H21NO3/c1-11(13-8-9-13)15(18)17-14(16(19)20)10-7-12-5-3-2-4-6-12/h2-6,11,13-14H,7-10H2,1H3,(H,17,18)(H,19,20). The quantitative estimate of drug-likeness (QED) is 0.802. The Morgan fingerprint density at radius 1 is 1.30 bits per heavy atom. The van der Waals surface area contributed by atoms with E-state index in [1.165, 1.54) is 0 Å². The molecule has 108 valence electrons. The monoisotopic (exact) mass is 275 g/mol. The van der Waals surface area contributed by atoms with E-state index < -0.39 is 12.0 Å². The maximum Gasteiger partial charge on any atom is 0.326 e. The highest BCUT2D eigenvalue weighted by molar-refractivity contribution is 5.85. The van der Waals surface area contributed by atoms with Crippen LogP contribution in [0.1, 0.15) is 31.7 Å². The fraction of sp³-hybridized carbons (Fsp3) is 0.500. The number of hydrogen-bond acceptors (Lipinski definition) is 2. The van der Waals surface area contributed by atoms with E-state index in [2.05, 4.69) is 5.32 Å². The van der Waals surface area contributed by atoms with E-state index in [4.69, 9.17) is 0 Å². The van der Waals surface area contributed by atoms with Gasteiger partial charge in [-0.3, -0.25) is 4.79 Å². The van der Waals surface area contributed by atoms with Crippen molar-refractivity contribution in [2.75, 3.05) is 0 Å². The van der Waals surface area contributed by atoms with Crippen LogP contribution in [0.25, 0.3) is 0 Å². The third-order valence-corrected chi connectivity index (χ3v) is 3.92. The molecule has 0 aromatic heterocycles. The van der Waals surface area contributed by atoms with Gasteiger partial charge in [-0.2, -0.15) is 0 Å². The second-order valence-corrected chi connectivity index (χ2v) is 5.55. The first kappa shape index (κ1) is 14.6. The minimum atomic E-state index is -0.961. The summed E-state index contributed by atoms with van der Waals surface area (Å²) in [4.78, 5) is 23.2. The molecule has 4 nitrogen and oxygen atoms in total. The molecule has 2 rings (SSSR count). The third-order valence-electron chi connectivity index (χ3n) is 3.92. The third kappa shape index (κ3) is 4.08. The van der Waals surface area contributed by atoms with Crippen molar-refractivity contribution in [1.29, 1.82) is 0 Å². The number of hydrogen-bond donors (Lipinski definition) is 2. The van der Waals surface area contributed by atoms with Gasteiger partial charge >= 0.3 is 5.97 Å². The number of amides is 1. The number of carbonyl (C=O) groups excluding carboxylic acids is 1. The molecule has 1 aromatic rings. The zero-order chi connectivity index (χ0) is 14.5. The molecule has 1 aromatic carbocycles. The Hall–Kier alpha value is -1.84. The van der Waals surface area contributed by atoms with E-state index in [0.717, 1.165) is 18.4 Å². The minimum absolute atomic E-state index is 0.0754. The smallest absolute Gasteiger partial charge is 0.326 e. The molecule has 1 saturated carbocycles. The topological polar surface area (TPSA) is 66.4 Å². The minimum Gasteiger partial charge on any atom is -0.480 e. The SMILES string of the molecule is CC(C(=O)NC(CCc1ccccc1)C(=O)O)C1CC1. The van der Waals surface area contributed by atoms with Crippen LogP contribution >= 0.6 is 0 Å². The summed E-state index contributed by atoms with van der Waals surface area (Å²) in [5.74, 6) is -0.725. The summed E-state index contributed by atoms with van der Waals surface area (Å²) in [5.41, 5.74) is 1.09. The predicted octanol–water partition coefficient (Wildman–Crippen LogP) is 2.23. The molecule has 0 saturated heterocycles. The first-order valence-corrected chi connectivity index (χ1v) is 7.15. The molecular formula is C16H21NO3. The van der Waals surface area contributed by atoms with Crippen molar-refractivity contribution < 1.29 is 14.7 Å². The number of carboxylic acid groups (broad SMARTS) is 1. The van der Waals surface area contributed by atoms with Crippen LogP contribution in [0.3, 0.4) is 0 Å².